The van der Waals surface area contributed by atoms with Crippen molar-refractivity contribution in [3.05, 3.63) is 0 Å². The summed E-state index contributed by atoms with van der Waals surface area (Å²) in [5.74, 6) is 0.557. The smallest absolute Gasteiger partial charge is 0.303 e. The fourth-order valence-corrected chi connectivity index (χ4v) is 2.86. The van der Waals surface area contributed by atoms with Gasteiger partial charge in [-0.3, -0.25) is 9.59 Å². The van der Waals surface area contributed by atoms with Crippen LogP contribution in [0.5, 0.6) is 0 Å². The van der Waals surface area contributed by atoms with Crippen LogP contribution >= 0.6 is 0 Å². The van der Waals surface area contributed by atoms with Crippen LogP contribution in [0, 0.1) is 17.8 Å². The summed E-state index contributed by atoms with van der Waals surface area (Å²) < 4.78 is 0. The van der Waals surface area contributed by atoms with Gasteiger partial charge in [0.25, 0.3) is 0 Å². The summed E-state index contributed by atoms with van der Waals surface area (Å²) >= 11 is 0. The molecule has 0 aliphatic heterocycles. The van der Waals surface area contributed by atoms with E-state index in [1.807, 2.05) is 0 Å². The molecule has 19 heavy (non-hydrogen) atoms. The quantitative estimate of drug-likeness (QED) is 0.747. The molecule has 1 aliphatic rings. The second-order valence-electron chi connectivity index (χ2n) is 6.01. The van der Waals surface area contributed by atoms with Crippen molar-refractivity contribution in [2.24, 2.45) is 17.8 Å². The largest absolute Gasteiger partial charge is 0.481 e. The number of amides is 1. The SMILES string of the molecule is CCC1CCC(CNC(=O)CC(C)CC(=O)O)CC1. The normalized spacial score (nSPS) is 24.7. The molecule has 4 heteroatoms. The molecule has 1 rings (SSSR count). The highest BCUT2D eigenvalue weighted by Gasteiger charge is 2.20. The first-order valence-corrected chi connectivity index (χ1v) is 7.49. The van der Waals surface area contributed by atoms with Gasteiger partial charge in [0.15, 0.2) is 0 Å². The van der Waals surface area contributed by atoms with Gasteiger partial charge in [0.1, 0.15) is 0 Å². The summed E-state index contributed by atoms with van der Waals surface area (Å²) in [5.41, 5.74) is 0. The standard InChI is InChI=1S/C15H27NO3/c1-3-12-4-6-13(7-5-12)10-16-14(17)8-11(2)9-15(18)19/h11-13H,3-10H2,1-2H3,(H,16,17)(H,18,19). The van der Waals surface area contributed by atoms with E-state index in [1.54, 1.807) is 6.92 Å². The van der Waals surface area contributed by atoms with Crippen LogP contribution in [0.15, 0.2) is 0 Å². The summed E-state index contributed by atoms with van der Waals surface area (Å²) in [6, 6.07) is 0. The molecule has 1 saturated carbocycles. The van der Waals surface area contributed by atoms with Gasteiger partial charge in [0.2, 0.25) is 5.91 Å². The Kier molecular flexibility index (Phi) is 6.89. The van der Waals surface area contributed by atoms with E-state index in [0.717, 1.165) is 12.5 Å². The van der Waals surface area contributed by atoms with Crippen LogP contribution in [-0.2, 0) is 9.59 Å². The van der Waals surface area contributed by atoms with Crippen LogP contribution in [0.4, 0.5) is 0 Å². The molecule has 1 fully saturated rings. The fourth-order valence-electron chi connectivity index (χ4n) is 2.86. The summed E-state index contributed by atoms with van der Waals surface area (Å²) in [5, 5.41) is 11.6. The Bertz CT molecular complexity index is 296. The van der Waals surface area contributed by atoms with E-state index in [-0.39, 0.29) is 18.2 Å². The molecule has 0 radical (unpaired) electrons. The zero-order valence-electron chi connectivity index (χ0n) is 12.2. The number of hydrogen-bond acceptors (Lipinski definition) is 2. The first-order chi connectivity index (χ1) is 9.01. The predicted molar refractivity (Wildman–Crippen MR) is 74.8 cm³/mol. The van der Waals surface area contributed by atoms with E-state index >= 15 is 0 Å². The summed E-state index contributed by atoms with van der Waals surface area (Å²) in [7, 11) is 0. The topological polar surface area (TPSA) is 66.4 Å². The van der Waals surface area contributed by atoms with E-state index < -0.39 is 5.97 Å². The van der Waals surface area contributed by atoms with E-state index in [2.05, 4.69) is 12.2 Å². The Labute approximate surface area is 116 Å². The molecule has 2 N–H and O–H groups in total. The number of carbonyl (C=O) groups excluding carboxylic acids is 1. The molecule has 0 bridgehead atoms. The van der Waals surface area contributed by atoms with Gasteiger partial charge in [-0.05, 0) is 30.6 Å². The van der Waals surface area contributed by atoms with Crippen LogP contribution in [0.1, 0.15) is 58.8 Å². The highest BCUT2D eigenvalue weighted by Crippen LogP contribution is 2.30. The maximum atomic E-state index is 11.7. The van der Waals surface area contributed by atoms with Crippen molar-refractivity contribution in [3.63, 3.8) is 0 Å². The van der Waals surface area contributed by atoms with Gasteiger partial charge in [0.05, 0.1) is 0 Å². The molecule has 1 unspecified atom stereocenters. The van der Waals surface area contributed by atoms with Gasteiger partial charge in [-0.1, -0.05) is 33.1 Å². The number of carboxylic acid groups (broad SMARTS) is 1. The molecule has 0 aromatic rings. The van der Waals surface area contributed by atoms with Gasteiger partial charge in [-0.2, -0.15) is 0 Å². The van der Waals surface area contributed by atoms with E-state index in [0.29, 0.717) is 12.3 Å². The number of aliphatic carboxylic acids is 1. The van der Waals surface area contributed by atoms with E-state index in [1.165, 1.54) is 32.1 Å². The zero-order valence-corrected chi connectivity index (χ0v) is 12.2. The Morgan fingerprint density at radius 1 is 1.16 bits per heavy atom. The number of hydrogen-bond donors (Lipinski definition) is 2. The molecule has 0 heterocycles. The lowest BCUT2D eigenvalue weighted by molar-refractivity contribution is -0.138. The highest BCUT2D eigenvalue weighted by atomic mass is 16.4. The third kappa shape index (κ3) is 6.60. The van der Waals surface area contributed by atoms with Crippen molar-refractivity contribution >= 4 is 11.9 Å². The number of carbonyl (C=O) groups is 2. The maximum absolute atomic E-state index is 11.7. The van der Waals surface area contributed by atoms with Gasteiger partial charge >= 0.3 is 5.97 Å². The van der Waals surface area contributed by atoms with Crippen LogP contribution < -0.4 is 5.32 Å². The minimum atomic E-state index is -0.835. The highest BCUT2D eigenvalue weighted by molar-refractivity contribution is 5.77. The van der Waals surface area contributed by atoms with Crippen LogP contribution in [0.3, 0.4) is 0 Å². The van der Waals surface area contributed by atoms with E-state index in [4.69, 9.17) is 5.11 Å². The summed E-state index contributed by atoms with van der Waals surface area (Å²) in [6.07, 6.45) is 6.64. The molecule has 1 atom stereocenters. The molecule has 110 valence electrons. The number of rotatable bonds is 7. The van der Waals surface area contributed by atoms with Gasteiger partial charge in [0, 0.05) is 19.4 Å². The van der Waals surface area contributed by atoms with E-state index in [9.17, 15) is 9.59 Å². The van der Waals surface area contributed by atoms with Crippen molar-refractivity contribution in [2.75, 3.05) is 6.54 Å². The fraction of sp³-hybridized carbons (Fsp3) is 0.867. The zero-order chi connectivity index (χ0) is 14.3. The van der Waals surface area contributed by atoms with Crippen molar-refractivity contribution < 1.29 is 14.7 Å². The first kappa shape index (κ1) is 16.0. The second kappa shape index (κ2) is 8.18. The Balaban J connectivity index is 2.15. The minimum Gasteiger partial charge on any atom is -0.481 e. The average molecular weight is 269 g/mol. The van der Waals surface area contributed by atoms with Crippen LogP contribution in [-0.4, -0.2) is 23.5 Å². The lowest BCUT2D eigenvalue weighted by Crippen LogP contribution is -2.32. The van der Waals surface area contributed by atoms with Gasteiger partial charge in [-0.15, -0.1) is 0 Å². The van der Waals surface area contributed by atoms with Crippen molar-refractivity contribution in [1.82, 2.24) is 5.32 Å². The molecule has 1 amide bonds. The molecule has 0 saturated heterocycles. The Hall–Kier alpha value is -1.06. The van der Waals surface area contributed by atoms with Crippen LogP contribution in [0.25, 0.3) is 0 Å². The Morgan fingerprint density at radius 2 is 1.74 bits per heavy atom. The average Bonchev–Trinajstić information content (AvgIpc) is 2.36. The van der Waals surface area contributed by atoms with Gasteiger partial charge < -0.3 is 10.4 Å². The third-order valence-corrected chi connectivity index (χ3v) is 4.19. The van der Waals surface area contributed by atoms with Gasteiger partial charge in [-0.25, -0.2) is 0 Å². The molecule has 1 aliphatic carbocycles. The molecular weight excluding hydrogens is 242 g/mol. The first-order valence-electron chi connectivity index (χ1n) is 7.49. The Morgan fingerprint density at radius 3 is 2.26 bits per heavy atom. The monoisotopic (exact) mass is 269 g/mol. The molecule has 0 spiro atoms. The number of carboxylic acids is 1. The minimum absolute atomic E-state index is 0.00800. The van der Waals surface area contributed by atoms with Crippen molar-refractivity contribution in [1.29, 1.82) is 0 Å². The predicted octanol–water partition coefficient (Wildman–Crippen LogP) is 2.82. The second-order valence-corrected chi connectivity index (χ2v) is 6.01. The summed E-state index contributed by atoms with van der Waals surface area (Å²) in [6.45, 7) is 4.81. The number of nitrogens with one attached hydrogen (secondary N) is 1. The van der Waals surface area contributed by atoms with Crippen molar-refractivity contribution in [2.45, 2.75) is 58.8 Å². The van der Waals surface area contributed by atoms with Crippen molar-refractivity contribution in [3.8, 4) is 0 Å². The molecule has 0 aromatic carbocycles. The van der Waals surface area contributed by atoms with Crippen LogP contribution in [0.2, 0.25) is 0 Å². The lowest BCUT2D eigenvalue weighted by atomic mass is 9.81. The molecule has 0 aromatic heterocycles. The lowest BCUT2D eigenvalue weighted by Gasteiger charge is -2.27. The molecule has 4 nitrogen and oxygen atoms in total. The summed E-state index contributed by atoms with van der Waals surface area (Å²) in [4.78, 5) is 22.2. The maximum Gasteiger partial charge on any atom is 0.303 e. The molecular formula is C15H27NO3. The third-order valence-electron chi connectivity index (χ3n) is 4.19.